The second kappa shape index (κ2) is 3.95. The number of carbonyl (C=O) groups excluding carboxylic acids is 1. The molecule has 74 valence electrons. The molecule has 1 aromatic rings. The van der Waals surface area contributed by atoms with Gasteiger partial charge in [-0.15, -0.1) is 0 Å². The van der Waals surface area contributed by atoms with Crippen LogP contribution in [0, 0.1) is 6.92 Å². The molecule has 0 aromatic heterocycles. The number of carbonyl (C=O) groups is 1. The zero-order chi connectivity index (χ0) is 9.97. The van der Waals surface area contributed by atoms with Crippen LogP contribution < -0.4 is 0 Å². The number of rotatable bonds is 1. The number of aryl methyl sites for hydroxylation is 1. The summed E-state index contributed by atoms with van der Waals surface area (Å²) in [5.74, 6) is 0.916. The molecular formula is C13H16O. The summed E-state index contributed by atoms with van der Waals surface area (Å²) >= 11 is 0. The Kier molecular flexibility index (Phi) is 2.67. The van der Waals surface area contributed by atoms with Crippen molar-refractivity contribution in [1.82, 2.24) is 0 Å². The monoisotopic (exact) mass is 188 g/mol. The van der Waals surface area contributed by atoms with E-state index in [1.165, 1.54) is 17.5 Å². The molecule has 1 aliphatic rings. The van der Waals surface area contributed by atoms with Crippen LogP contribution in [-0.4, -0.2) is 5.78 Å². The molecule has 0 spiro atoms. The molecule has 0 aliphatic heterocycles. The molecule has 1 heteroatoms. The molecule has 0 radical (unpaired) electrons. The van der Waals surface area contributed by atoms with Gasteiger partial charge < -0.3 is 0 Å². The van der Waals surface area contributed by atoms with Gasteiger partial charge in [0.25, 0.3) is 0 Å². The Morgan fingerprint density at radius 2 is 2.21 bits per heavy atom. The van der Waals surface area contributed by atoms with E-state index in [0.717, 1.165) is 19.3 Å². The van der Waals surface area contributed by atoms with Gasteiger partial charge >= 0.3 is 0 Å². The molecule has 0 amide bonds. The van der Waals surface area contributed by atoms with Crippen molar-refractivity contribution in [3.63, 3.8) is 0 Å². The summed E-state index contributed by atoms with van der Waals surface area (Å²) in [6, 6.07) is 8.55. The maximum Gasteiger partial charge on any atom is 0.133 e. The predicted octanol–water partition coefficient (Wildman–Crippen LogP) is 3.22. The van der Waals surface area contributed by atoms with Crippen molar-refractivity contribution in [1.29, 1.82) is 0 Å². The molecule has 1 saturated carbocycles. The lowest BCUT2D eigenvalue weighted by Crippen LogP contribution is -2.13. The smallest absolute Gasteiger partial charge is 0.133 e. The first-order chi connectivity index (χ1) is 6.75. The van der Waals surface area contributed by atoms with E-state index >= 15 is 0 Å². The molecule has 0 N–H and O–H groups in total. The minimum Gasteiger partial charge on any atom is -0.300 e. The van der Waals surface area contributed by atoms with Crippen LogP contribution in [0.15, 0.2) is 24.3 Å². The van der Waals surface area contributed by atoms with E-state index in [1.54, 1.807) is 0 Å². The molecule has 1 aromatic carbocycles. The van der Waals surface area contributed by atoms with Crippen LogP contribution in [0.1, 0.15) is 42.7 Å². The van der Waals surface area contributed by atoms with Gasteiger partial charge in [-0.05, 0) is 31.2 Å². The summed E-state index contributed by atoms with van der Waals surface area (Å²) < 4.78 is 0. The van der Waals surface area contributed by atoms with E-state index in [2.05, 4.69) is 31.2 Å². The van der Waals surface area contributed by atoms with Crippen LogP contribution in [-0.2, 0) is 4.79 Å². The van der Waals surface area contributed by atoms with Crippen molar-refractivity contribution in [2.75, 3.05) is 0 Å². The van der Waals surface area contributed by atoms with Gasteiger partial charge in [0, 0.05) is 12.8 Å². The summed E-state index contributed by atoms with van der Waals surface area (Å²) in [5, 5.41) is 0. The number of ketones is 1. The molecule has 1 fully saturated rings. The van der Waals surface area contributed by atoms with Crippen molar-refractivity contribution < 1.29 is 4.79 Å². The van der Waals surface area contributed by atoms with E-state index in [-0.39, 0.29) is 0 Å². The van der Waals surface area contributed by atoms with Gasteiger partial charge in [0.05, 0.1) is 0 Å². The van der Waals surface area contributed by atoms with Crippen LogP contribution >= 0.6 is 0 Å². The molecule has 0 heterocycles. The number of Topliss-reactive ketones (excluding diaryl/α,β-unsaturated/α-hetero) is 1. The average molecular weight is 188 g/mol. The van der Waals surface area contributed by atoms with E-state index in [4.69, 9.17) is 0 Å². The summed E-state index contributed by atoms with van der Waals surface area (Å²) in [5.41, 5.74) is 2.64. The van der Waals surface area contributed by atoms with Gasteiger partial charge in [0.15, 0.2) is 0 Å². The Bertz CT molecular complexity index is 341. The minimum absolute atomic E-state index is 0.433. The van der Waals surface area contributed by atoms with Gasteiger partial charge in [-0.2, -0.15) is 0 Å². The van der Waals surface area contributed by atoms with Crippen molar-refractivity contribution in [2.24, 2.45) is 0 Å². The highest BCUT2D eigenvalue weighted by molar-refractivity contribution is 5.80. The first-order valence-corrected chi connectivity index (χ1v) is 5.34. The lowest BCUT2D eigenvalue weighted by atomic mass is 9.83. The lowest BCUT2D eigenvalue weighted by Gasteiger charge is -2.21. The molecule has 14 heavy (non-hydrogen) atoms. The Balaban J connectivity index is 2.17. The number of benzene rings is 1. The highest BCUT2D eigenvalue weighted by atomic mass is 16.1. The lowest BCUT2D eigenvalue weighted by molar-refractivity contribution is -0.120. The Labute approximate surface area is 85.1 Å². The van der Waals surface area contributed by atoms with E-state index in [9.17, 15) is 4.79 Å². The number of hydrogen-bond donors (Lipinski definition) is 0. The largest absolute Gasteiger partial charge is 0.300 e. The molecule has 2 rings (SSSR count). The minimum atomic E-state index is 0.433. The van der Waals surface area contributed by atoms with Crippen LogP contribution in [0.5, 0.6) is 0 Å². The fourth-order valence-electron chi connectivity index (χ4n) is 2.23. The Morgan fingerprint density at radius 3 is 2.93 bits per heavy atom. The highest BCUT2D eigenvalue weighted by Crippen LogP contribution is 2.30. The van der Waals surface area contributed by atoms with Gasteiger partial charge in [-0.1, -0.05) is 29.8 Å². The van der Waals surface area contributed by atoms with E-state index in [1.807, 2.05) is 0 Å². The summed E-state index contributed by atoms with van der Waals surface area (Å²) in [6.45, 7) is 2.11. The van der Waals surface area contributed by atoms with E-state index in [0.29, 0.717) is 11.7 Å². The predicted molar refractivity (Wildman–Crippen MR) is 57.4 cm³/mol. The molecule has 1 nitrogen and oxygen atoms in total. The number of hydrogen-bond acceptors (Lipinski definition) is 1. The second-order valence-corrected chi connectivity index (χ2v) is 4.25. The van der Waals surface area contributed by atoms with Gasteiger partial charge in [-0.25, -0.2) is 0 Å². The first-order valence-electron chi connectivity index (χ1n) is 5.34. The zero-order valence-corrected chi connectivity index (χ0v) is 8.62. The normalized spacial score (nSPS) is 22.4. The second-order valence-electron chi connectivity index (χ2n) is 4.25. The molecule has 0 saturated heterocycles. The topological polar surface area (TPSA) is 17.1 Å². The standard InChI is InChI=1S/C13H16O/c1-10-4-2-5-11(8-10)12-6-3-7-13(14)9-12/h2,4-5,8,12H,3,6-7,9H2,1H3/t12-/m0/s1. The van der Waals surface area contributed by atoms with Crippen molar-refractivity contribution in [3.8, 4) is 0 Å². The maximum atomic E-state index is 11.3. The van der Waals surface area contributed by atoms with Crippen molar-refractivity contribution >= 4 is 5.78 Å². The van der Waals surface area contributed by atoms with Crippen molar-refractivity contribution in [3.05, 3.63) is 35.4 Å². The first kappa shape index (κ1) is 9.45. The fourth-order valence-corrected chi connectivity index (χ4v) is 2.23. The zero-order valence-electron chi connectivity index (χ0n) is 8.62. The molecule has 0 bridgehead atoms. The van der Waals surface area contributed by atoms with Crippen molar-refractivity contribution in [2.45, 2.75) is 38.5 Å². The van der Waals surface area contributed by atoms with Gasteiger partial charge in [0.1, 0.15) is 5.78 Å². The molecular weight excluding hydrogens is 172 g/mol. The third-order valence-corrected chi connectivity index (χ3v) is 3.00. The van der Waals surface area contributed by atoms with Crippen LogP contribution in [0.2, 0.25) is 0 Å². The highest BCUT2D eigenvalue weighted by Gasteiger charge is 2.20. The SMILES string of the molecule is Cc1cccc([C@H]2CCCC(=O)C2)c1. The average Bonchev–Trinajstić information content (AvgIpc) is 2.18. The van der Waals surface area contributed by atoms with E-state index < -0.39 is 0 Å². The summed E-state index contributed by atoms with van der Waals surface area (Å²) in [7, 11) is 0. The quantitative estimate of drug-likeness (QED) is 0.661. The Morgan fingerprint density at radius 1 is 1.36 bits per heavy atom. The third-order valence-electron chi connectivity index (χ3n) is 3.00. The van der Waals surface area contributed by atoms with Crippen LogP contribution in [0.25, 0.3) is 0 Å². The third kappa shape index (κ3) is 2.03. The maximum absolute atomic E-state index is 11.3. The van der Waals surface area contributed by atoms with Crippen LogP contribution in [0.4, 0.5) is 0 Å². The summed E-state index contributed by atoms with van der Waals surface area (Å²) in [4.78, 5) is 11.3. The van der Waals surface area contributed by atoms with Gasteiger partial charge in [-0.3, -0.25) is 4.79 Å². The fraction of sp³-hybridized carbons (Fsp3) is 0.462. The van der Waals surface area contributed by atoms with Crippen LogP contribution in [0.3, 0.4) is 0 Å². The molecule has 1 atom stereocenters. The Hall–Kier alpha value is -1.11. The molecule has 0 unspecified atom stereocenters. The van der Waals surface area contributed by atoms with Gasteiger partial charge in [0.2, 0.25) is 0 Å². The summed E-state index contributed by atoms with van der Waals surface area (Å²) in [6.07, 6.45) is 3.79. The molecule has 1 aliphatic carbocycles.